The molecule has 1 saturated heterocycles. The molecule has 2 aliphatic rings. The smallest absolute Gasteiger partial charge is 0.345 e. The number of carbonyl (C=O) groups excluding carboxylic acids is 1. The van der Waals surface area contributed by atoms with Gasteiger partial charge in [-0.3, -0.25) is 4.79 Å². The molecule has 0 aromatic carbocycles. The van der Waals surface area contributed by atoms with E-state index in [-0.39, 0.29) is 5.91 Å². The maximum absolute atomic E-state index is 12.6. The summed E-state index contributed by atoms with van der Waals surface area (Å²) in [4.78, 5) is 31.3. The van der Waals surface area contributed by atoms with Crippen molar-refractivity contribution in [1.29, 1.82) is 0 Å². The molecular formula is C17H19N3O4S. The molecule has 2 aromatic heterocycles. The van der Waals surface area contributed by atoms with E-state index in [1.807, 2.05) is 0 Å². The van der Waals surface area contributed by atoms with Gasteiger partial charge in [0.05, 0.1) is 12.2 Å². The van der Waals surface area contributed by atoms with Crippen LogP contribution in [0, 0.1) is 0 Å². The van der Waals surface area contributed by atoms with E-state index in [1.54, 1.807) is 35.0 Å². The van der Waals surface area contributed by atoms with E-state index in [0.29, 0.717) is 43.2 Å². The van der Waals surface area contributed by atoms with Crippen molar-refractivity contribution in [3.05, 3.63) is 39.6 Å². The first-order valence-corrected chi connectivity index (χ1v) is 9.09. The fourth-order valence-corrected chi connectivity index (χ4v) is 4.79. The average molecular weight is 361 g/mol. The molecule has 7 nitrogen and oxygen atoms in total. The molecule has 0 atom stereocenters. The molecule has 4 heterocycles. The zero-order valence-corrected chi connectivity index (χ0v) is 14.7. The van der Waals surface area contributed by atoms with Gasteiger partial charge >= 0.3 is 5.97 Å². The van der Waals surface area contributed by atoms with Crippen molar-refractivity contribution in [3.8, 4) is 0 Å². The molecule has 8 heteroatoms. The number of nitrogens with zero attached hydrogens (tertiary/aromatic N) is 3. The number of rotatable bonds is 2. The third kappa shape index (κ3) is 2.65. The molecule has 132 valence electrons. The Balaban J connectivity index is 1.55. The molecule has 1 spiro atoms. The number of aryl methyl sites for hydroxylation is 1. The van der Waals surface area contributed by atoms with Crippen LogP contribution in [0.2, 0.25) is 0 Å². The van der Waals surface area contributed by atoms with E-state index in [4.69, 9.17) is 4.74 Å². The molecule has 4 rings (SSSR count). The van der Waals surface area contributed by atoms with E-state index in [0.717, 1.165) is 16.9 Å². The van der Waals surface area contributed by atoms with Gasteiger partial charge in [-0.2, -0.15) is 0 Å². The SMILES string of the molecule is Cn1ccnc1C(=O)N1CCC2(CC1)OCCc1sc(C(=O)O)cc12. The minimum absolute atomic E-state index is 0.0741. The Kier molecular flexibility index (Phi) is 3.88. The quantitative estimate of drug-likeness (QED) is 0.883. The lowest BCUT2D eigenvalue weighted by molar-refractivity contribution is -0.0927. The van der Waals surface area contributed by atoms with E-state index in [2.05, 4.69) is 4.98 Å². The van der Waals surface area contributed by atoms with Crippen LogP contribution in [0.5, 0.6) is 0 Å². The van der Waals surface area contributed by atoms with Crippen LogP contribution in [0.3, 0.4) is 0 Å². The van der Waals surface area contributed by atoms with Gasteiger partial charge in [0.25, 0.3) is 5.91 Å². The number of aromatic nitrogens is 2. The highest BCUT2D eigenvalue weighted by Crippen LogP contribution is 2.44. The number of ether oxygens (including phenoxy) is 1. The third-order valence-electron chi connectivity index (χ3n) is 5.09. The number of hydrogen-bond donors (Lipinski definition) is 1. The van der Waals surface area contributed by atoms with Crippen LogP contribution in [0.25, 0.3) is 0 Å². The predicted octanol–water partition coefficient (Wildman–Crippen LogP) is 1.88. The number of piperidine rings is 1. The van der Waals surface area contributed by atoms with Crippen LogP contribution in [-0.4, -0.2) is 51.1 Å². The fourth-order valence-electron chi connectivity index (χ4n) is 3.72. The van der Waals surface area contributed by atoms with Gasteiger partial charge < -0.3 is 19.3 Å². The molecule has 0 aliphatic carbocycles. The Morgan fingerprint density at radius 2 is 2.12 bits per heavy atom. The Bertz CT molecular complexity index is 833. The number of carbonyl (C=O) groups is 2. The number of amides is 1. The largest absolute Gasteiger partial charge is 0.477 e. The highest BCUT2D eigenvalue weighted by molar-refractivity contribution is 7.14. The van der Waals surface area contributed by atoms with Gasteiger partial charge in [-0.15, -0.1) is 11.3 Å². The molecule has 25 heavy (non-hydrogen) atoms. The number of imidazole rings is 1. The molecule has 0 radical (unpaired) electrons. The second-order valence-corrected chi connectivity index (χ2v) is 7.64. The van der Waals surface area contributed by atoms with Crippen LogP contribution in [0.1, 0.15) is 43.6 Å². The number of likely N-dealkylation sites (tertiary alicyclic amines) is 1. The van der Waals surface area contributed by atoms with Gasteiger partial charge in [0.15, 0.2) is 5.82 Å². The minimum Gasteiger partial charge on any atom is -0.477 e. The maximum atomic E-state index is 12.6. The van der Waals surface area contributed by atoms with E-state index in [9.17, 15) is 14.7 Å². The molecule has 2 aliphatic heterocycles. The summed E-state index contributed by atoms with van der Waals surface area (Å²) < 4.78 is 7.85. The second-order valence-electron chi connectivity index (χ2n) is 6.50. The topological polar surface area (TPSA) is 84.7 Å². The van der Waals surface area contributed by atoms with Crippen LogP contribution in [0.15, 0.2) is 18.5 Å². The van der Waals surface area contributed by atoms with Crippen molar-refractivity contribution in [2.75, 3.05) is 19.7 Å². The van der Waals surface area contributed by atoms with Gasteiger partial charge in [-0.05, 0) is 24.5 Å². The van der Waals surface area contributed by atoms with E-state index < -0.39 is 11.6 Å². The standard InChI is InChI=1S/C17H19N3O4S/c1-19-8-5-18-14(19)15(21)20-6-3-17(4-7-20)11-10-13(16(22)23)25-12(11)2-9-24-17/h5,8,10H,2-4,6-7,9H2,1H3,(H,22,23). The molecule has 1 N–H and O–H groups in total. The lowest BCUT2D eigenvalue weighted by Gasteiger charge is -2.43. The summed E-state index contributed by atoms with van der Waals surface area (Å²) in [5.41, 5.74) is 0.543. The molecular weight excluding hydrogens is 342 g/mol. The van der Waals surface area contributed by atoms with Crippen molar-refractivity contribution in [2.45, 2.75) is 24.9 Å². The monoisotopic (exact) mass is 361 g/mol. The van der Waals surface area contributed by atoms with Gasteiger partial charge in [0.1, 0.15) is 4.88 Å². The molecule has 0 unspecified atom stereocenters. The second kappa shape index (κ2) is 5.96. The number of carboxylic acid groups (broad SMARTS) is 1. The van der Waals surface area contributed by atoms with Crippen molar-refractivity contribution in [1.82, 2.24) is 14.5 Å². The van der Waals surface area contributed by atoms with Gasteiger partial charge in [0.2, 0.25) is 0 Å². The first kappa shape index (κ1) is 16.3. The van der Waals surface area contributed by atoms with Crippen LogP contribution in [0.4, 0.5) is 0 Å². The minimum atomic E-state index is -0.892. The summed E-state index contributed by atoms with van der Waals surface area (Å²) in [7, 11) is 1.81. The number of hydrogen-bond acceptors (Lipinski definition) is 5. The number of thiophene rings is 1. The van der Waals surface area contributed by atoms with E-state index >= 15 is 0 Å². The summed E-state index contributed by atoms with van der Waals surface area (Å²) in [6.45, 7) is 1.74. The summed E-state index contributed by atoms with van der Waals surface area (Å²) in [6, 6.07) is 1.76. The Hall–Kier alpha value is -2.19. The molecule has 2 aromatic rings. The van der Waals surface area contributed by atoms with Crippen molar-refractivity contribution in [3.63, 3.8) is 0 Å². The number of fused-ring (bicyclic) bond motifs is 2. The molecule has 0 saturated carbocycles. The predicted molar refractivity (Wildman–Crippen MR) is 91.0 cm³/mol. The maximum Gasteiger partial charge on any atom is 0.345 e. The van der Waals surface area contributed by atoms with Crippen molar-refractivity contribution < 1.29 is 19.4 Å². The van der Waals surface area contributed by atoms with Crippen molar-refractivity contribution in [2.24, 2.45) is 7.05 Å². The zero-order chi connectivity index (χ0) is 17.6. The lowest BCUT2D eigenvalue weighted by Crippen LogP contribution is -2.48. The summed E-state index contributed by atoms with van der Waals surface area (Å²) in [5.74, 6) is -0.531. The molecule has 0 bridgehead atoms. The highest BCUT2D eigenvalue weighted by atomic mass is 32.1. The first-order chi connectivity index (χ1) is 12.0. The third-order valence-corrected chi connectivity index (χ3v) is 6.27. The average Bonchev–Trinajstić information content (AvgIpc) is 3.22. The van der Waals surface area contributed by atoms with E-state index in [1.165, 1.54) is 11.3 Å². The number of carboxylic acids is 1. The van der Waals surface area contributed by atoms with Crippen LogP contribution in [-0.2, 0) is 23.8 Å². The summed E-state index contributed by atoms with van der Waals surface area (Å²) in [5, 5.41) is 9.27. The zero-order valence-electron chi connectivity index (χ0n) is 13.9. The molecule has 1 amide bonds. The first-order valence-electron chi connectivity index (χ1n) is 8.27. The van der Waals surface area contributed by atoms with Gasteiger partial charge in [0, 0.05) is 43.8 Å². The summed E-state index contributed by atoms with van der Waals surface area (Å²) in [6.07, 6.45) is 5.48. The Morgan fingerprint density at radius 1 is 1.36 bits per heavy atom. The number of aromatic carboxylic acids is 1. The van der Waals surface area contributed by atoms with Crippen LogP contribution < -0.4 is 0 Å². The Morgan fingerprint density at radius 3 is 2.76 bits per heavy atom. The fraction of sp³-hybridized carbons (Fsp3) is 0.471. The Labute approximate surface area is 148 Å². The van der Waals surface area contributed by atoms with Gasteiger partial charge in [-0.1, -0.05) is 0 Å². The lowest BCUT2D eigenvalue weighted by atomic mass is 9.82. The van der Waals surface area contributed by atoms with Crippen molar-refractivity contribution >= 4 is 23.2 Å². The highest BCUT2D eigenvalue weighted by Gasteiger charge is 2.43. The van der Waals surface area contributed by atoms with Crippen LogP contribution >= 0.6 is 11.3 Å². The summed E-state index contributed by atoms with van der Waals surface area (Å²) >= 11 is 1.34. The molecule has 1 fully saturated rings. The van der Waals surface area contributed by atoms with Gasteiger partial charge in [-0.25, -0.2) is 9.78 Å². The normalized spacial score (nSPS) is 19.0.